The van der Waals surface area contributed by atoms with Crippen LogP contribution in [0.3, 0.4) is 0 Å². The number of sulfonamides is 1. The molecule has 2 aromatic carbocycles. The van der Waals surface area contributed by atoms with Gasteiger partial charge in [0.25, 0.3) is 0 Å². The lowest BCUT2D eigenvalue weighted by Gasteiger charge is -2.39. The number of carboxylic acid groups (broad SMARTS) is 1. The van der Waals surface area contributed by atoms with Gasteiger partial charge in [-0.3, -0.25) is 9.69 Å². The van der Waals surface area contributed by atoms with Crippen LogP contribution in [0.1, 0.15) is 18.9 Å². The number of methoxy groups -OCH3 is 1. The lowest BCUT2D eigenvalue weighted by atomic mass is 9.96. The summed E-state index contributed by atoms with van der Waals surface area (Å²) in [6, 6.07) is 15.0. The van der Waals surface area contributed by atoms with E-state index in [1.807, 2.05) is 6.07 Å². The molecule has 1 aliphatic rings. The molecular weight excluding hydrogens is 432 g/mol. The van der Waals surface area contributed by atoms with Crippen LogP contribution < -0.4 is 4.74 Å². The number of morpholine rings is 1. The molecular formula is C23H30N2O6S. The molecule has 174 valence electrons. The fourth-order valence-electron chi connectivity index (χ4n) is 3.69. The Bertz CT molecular complexity index is 991. The van der Waals surface area contributed by atoms with Crippen molar-refractivity contribution in [2.45, 2.75) is 30.3 Å². The zero-order valence-corrected chi connectivity index (χ0v) is 19.3. The van der Waals surface area contributed by atoms with Crippen molar-refractivity contribution in [3.63, 3.8) is 0 Å². The summed E-state index contributed by atoms with van der Waals surface area (Å²) in [6.07, 6.45) is 0.143. The van der Waals surface area contributed by atoms with Crippen molar-refractivity contribution in [3.05, 3.63) is 60.2 Å². The summed E-state index contributed by atoms with van der Waals surface area (Å²) >= 11 is 0. The third-order valence-corrected chi connectivity index (χ3v) is 7.83. The Morgan fingerprint density at radius 2 is 1.75 bits per heavy atom. The summed E-state index contributed by atoms with van der Waals surface area (Å²) < 4.78 is 39.1. The molecule has 0 radical (unpaired) electrons. The summed E-state index contributed by atoms with van der Waals surface area (Å²) in [5.74, 6) is -0.661. The first-order chi connectivity index (χ1) is 15.3. The summed E-state index contributed by atoms with van der Waals surface area (Å²) in [4.78, 5) is 14.7. The Morgan fingerprint density at radius 3 is 2.31 bits per heavy atom. The predicted octanol–water partition coefficient (Wildman–Crippen LogP) is 2.45. The maximum absolute atomic E-state index is 13.7. The van der Waals surface area contributed by atoms with Crippen molar-refractivity contribution in [3.8, 4) is 5.75 Å². The fourth-order valence-corrected chi connectivity index (χ4v) is 5.44. The van der Waals surface area contributed by atoms with Crippen LogP contribution in [0.4, 0.5) is 0 Å². The molecule has 8 nitrogen and oxygen atoms in total. The molecule has 3 rings (SSSR count). The van der Waals surface area contributed by atoms with Crippen molar-refractivity contribution in [1.29, 1.82) is 0 Å². The topological polar surface area (TPSA) is 96.4 Å². The molecule has 1 aliphatic heterocycles. The van der Waals surface area contributed by atoms with E-state index in [-0.39, 0.29) is 17.9 Å². The second-order valence-corrected chi connectivity index (χ2v) is 9.82. The second kappa shape index (κ2) is 10.4. The van der Waals surface area contributed by atoms with Crippen LogP contribution in [0.2, 0.25) is 0 Å². The molecule has 1 heterocycles. The summed E-state index contributed by atoms with van der Waals surface area (Å²) in [7, 11) is -2.63. The normalized spacial score (nSPS) is 17.1. The van der Waals surface area contributed by atoms with Crippen molar-refractivity contribution in [2.24, 2.45) is 0 Å². The van der Waals surface area contributed by atoms with Gasteiger partial charge in [0.05, 0.1) is 25.2 Å². The lowest BCUT2D eigenvalue weighted by Crippen LogP contribution is -2.56. The third kappa shape index (κ3) is 5.47. The SMILES string of the molecule is COc1ccc(S(=O)(=O)N(Cc2ccccc2)C(C)(CCN2CCOCC2)C(=O)O)cc1. The van der Waals surface area contributed by atoms with Gasteiger partial charge in [0, 0.05) is 26.2 Å². The van der Waals surface area contributed by atoms with E-state index in [0.717, 1.165) is 4.31 Å². The van der Waals surface area contributed by atoms with Gasteiger partial charge >= 0.3 is 5.97 Å². The number of hydrogen-bond acceptors (Lipinski definition) is 6. The van der Waals surface area contributed by atoms with Gasteiger partial charge in [-0.2, -0.15) is 4.31 Å². The molecule has 0 amide bonds. The zero-order valence-electron chi connectivity index (χ0n) is 18.4. The number of ether oxygens (including phenoxy) is 2. The molecule has 0 saturated carbocycles. The van der Waals surface area contributed by atoms with E-state index in [4.69, 9.17) is 9.47 Å². The first-order valence-electron chi connectivity index (χ1n) is 10.5. The van der Waals surface area contributed by atoms with Gasteiger partial charge < -0.3 is 14.6 Å². The van der Waals surface area contributed by atoms with Gasteiger partial charge in [-0.05, 0) is 43.2 Å². The molecule has 9 heteroatoms. The Morgan fingerprint density at radius 1 is 1.12 bits per heavy atom. The van der Waals surface area contributed by atoms with Crippen molar-refractivity contribution >= 4 is 16.0 Å². The Hall–Kier alpha value is -2.46. The molecule has 0 spiro atoms. The molecule has 0 aromatic heterocycles. The largest absolute Gasteiger partial charge is 0.497 e. The van der Waals surface area contributed by atoms with Crippen molar-refractivity contribution in [2.75, 3.05) is 40.0 Å². The highest BCUT2D eigenvalue weighted by Crippen LogP contribution is 2.31. The van der Waals surface area contributed by atoms with Gasteiger partial charge in [0.1, 0.15) is 11.3 Å². The van der Waals surface area contributed by atoms with E-state index in [1.54, 1.807) is 36.4 Å². The minimum Gasteiger partial charge on any atom is -0.497 e. The quantitative estimate of drug-likeness (QED) is 0.579. The predicted molar refractivity (Wildman–Crippen MR) is 120 cm³/mol. The first kappa shape index (κ1) is 24.2. The van der Waals surface area contributed by atoms with Crippen LogP contribution in [-0.4, -0.2) is 74.2 Å². The summed E-state index contributed by atoms with van der Waals surface area (Å²) in [5.41, 5.74) is -0.934. The molecule has 2 aromatic rings. The minimum absolute atomic E-state index is 0.0214. The second-order valence-electron chi connectivity index (χ2n) is 7.96. The van der Waals surface area contributed by atoms with Gasteiger partial charge in [0.2, 0.25) is 10.0 Å². The number of hydrogen-bond donors (Lipinski definition) is 1. The van der Waals surface area contributed by atoms with Crippen molar-refractivity contribution in [1.82, 2.24) is 9.21 Å². The van der Waals surface area contributed by atoms with Crippen LogP contribution >= 0.6 is 0 Å². The fraction of sp³-hybridized carbons (Fsp3) is 0.435. The lowest BCUT2D eigenvalue weighted by molar-refractivity contribution is -0.148. The van der Waals surface area contributed by atoms with E-state index in [1.165, 1.54) is 26.2 Å². The summed E-state index contributed by atoms with van der Waals surface area (Å²) in [6.45, 7) is 4.44. The highest BCUT2D eigenvalue weighted by atomic mass is 32.2. The van der Waals surface area contributed by atoms with E-state index in [9.17, 15) is 18.3 Å². The molecule has 1 saturated heterocycles. The van der Waals surface area contributed by atoms with Crippen LogP contribution in [0.25, 0.3) is 0 Å². The Labute approximate surface area is 189 Å². The van der Waals surface area contributed by atoms with Crippen molar-refractivity contribution < 1.29 is 27.8 Å². The molecule has 0 bridgehead atoms. The first-order valence-corrected chi connectivity index (χ1v) is 12.0. The highest BCUT2D eigenvalue weighted by molar-refractivity contribution is 7.89. The Balaban J connectivity index is 1.98. The standard InChI is InChI=1S/C23H30N2O6S/c1-23(22(26)27,12-13-24-14-16-31-17-15-24)25(18-19-6-4-3-5-7-19)32(28,29)21-10-8-20(30-2)9-11-21/h3-11H,12-18H2,1-2H3,(H,26,27). The average molecular weight is 463 g/mol. The van der Waals surface area contributed by atoms with Crippen LogP contribution in [0.5, 0.6) is 5.75 Å². The maximum Gasteiger partial charge on any atom is 0.324 e. The average Bonchev–Trinajstić information content (AvgIpc) is 2.82. The van der Waals surface area contributed by atoms with Gasteiger partial charge in [-0.15, -0.1) is 0 Å². The molecule has 1 fully saturated rings. The Kier molecular flexibility index (Phi) is 7.89. The molecule has 32 heavy (non-hydrogen) atoms. The number of aliphatic carboxylic acids is 1. The smallest absolute Gasteiger partial charge is 0.324 e. The van der Waals surface area contributed by atoms with Crippen LogP contribution in [0.15, 0.2) is 59.5 Å². The molecule has 1 N–H and O–H groups in total. The number of rotatable bonds is 10. The van der Waals surface area contributed by atoms with E-state index in [2.05, 4.69) is 4.90 Å². The highest BCUT2D eigenvalue weighted by Gasteiger charge is 2.46. The van der Waals surface area contributed by atoms with Gasteiger partial charge in [-0.1, -0.05) is 30.3 Å². The molecule has 1 atom stereocenters. The zero-order chi connectivity index (χ0) is 23.2. The molecule has 1 unspecified atom stereocenters. The van der Waals surface area contributed by atoms with E-state index < -0.39 is 21.5 Å². The number of carboxylic acids is 1. The summed E-state index contributed by atoms with van der Waals surface area (Å²) in [5, 5.41) is 10.2. The van der Waals surface area contributed by atoms with Gasteiger partial charge in [-0.25, -0.2) is 8.42 Å². The monoisotopic (exact) mass is 462 g/mol. The number of nitrogens with zero attached hydrogens (tertiary/aromatic N) is 2. The van der Waals surface area contributed by atoms with Crippen LogP contribution in [-0.2, 0) is 26.1 Å². The molecule has 0 aliphatic carbocycles. The number of carbonyl (C=O) groups is 1. The van der Waals surface area contributed by atoms with Gasteiger partial charge in [0.15, 0.2) is 0 Å². The maximum atomic E-state index is 13.7. The van der Waals surface area contributed by atoms with E-state index in [0.29, 0.717) is 44.2 Å². The van der Waals surface area contributed by atoms with E-state index >= 15 is 0 Å². The third-order valence-electron chi connectivity index (χ3n) is 5.85. The number of benzene rings is 2. The van der Waals surface area contributed by atoms with Crippen LogP contribution in [0, 0.1) is 0 Å². The minimum atomic E-state index is -4.13.